The predicted molar refractivity (Wildman–Crippen MR) is 76.4 cm³/mol. The van der Waals surface area contributed by atoms with Gasteiger partial charge in [-0.1, -0.05) is 6.92 Å². The smallest absolute Gasteiger partial charge is 0.0351 e. The first-order valence-corrected chi connectivity index (χ1v) is 8.56. The molecule has 2 heterocycles. The number of hydrogen-bond donors (Lipinski definition) is 1. The normalized spacial score (nSPS) is 36.2. The molecule has 0 aromatic carbocycles. The Kier molecular flexibility index (Phi) is 4.50. The zero-order chi connectivity index (χ0) is 11.6. The SMILES string of the molecule is CC1SCCN(C2(CN)CCSCC2)C1C. The summed E-state index contributed by atoms with van der Waals surface area (Å²) >= 11 is 4.21. The maximum atomic E-state index is 6.12. The Morgan fingerprint density at radius 1 is 1.25 bits per heavy atom. The summed E-state index contributed by atoms with van der Waals surface area (Å²) in [7, 11) is 0. The molecule has 2 fully saturated rings. The van der Waals surface area contributed by atoms with Gasteiger partial charge in [0.2, 0.25) is 0 Å². The van der Waals surface area contributed by atoms with Gasteiger partial charge in [-0.3, -0.25) is 4.90 Å². The van der Waals surface area contributed by atoms with Gasteiger partial charge in [0, 0.05) is 35.7 Å². The lowest BCUT2D eigenvalue weighted by atomic mass is 9.88. The van der Waals surface area contributed by atoms with Crippen molar-refractivity contribution in [1.82, 2.24) is 4.90 Å². The maximum absolute atomic E-state index is 6.12. The van der Waals surface area contributed by atoms with Crippen LogP contribution in [-0.4, -0.2) is 52.1 Å². The molecule has 0 spiro atoms. The van der Waals surface area contributed by atoms with Crippen LogP contribution in [0.2, 0.25) is 0 Å². The Hall–Kier alpha value is 0.620. The summed E-state index contributed by atoms with van der Waals surface area (Å²) in [5, 5.41) is 0.756. The second-order valence-corrected chi connectivity index (χ2v) is 7.76. The molecule has 2 atom stereocenters. The molecule has 0 saturated carbocycles. The lowest BCUT2D eigenvalue weighted by Gasteiger charge is -2.52. The van der Waals surface area contributed by atoms with E-state index in [0.29, 0.717) is 11.6 Å². The molecule has 2 nitrogen and oxygen atoms in total. The molecule has 2 unspecified atom stereocenters. The predicted octanol–water partition coefficient (Wildman–Crippen LogP) is 2.04. The van der Waals surface area contributed by atoms with Gasteiger partial charge in [-0.25, -0.2) is 0 Å². The lowest BCUT2D eigenvalue weighted by molar-refractivity contribution is 0.0499. The van der Waals surface area contributed by atoms with Crippen LogP contribution in [0.1, 0.15) is 26.7 Å². The van der Waals surface area contributed by atoms with Crippen molar-refractivity contribution >= 4 is 23.5 Å². The fraction of sp³-hybridized carbons (Fsp3) is 1.00. The van der Waals surface area contributed by atoms with E-state index < -0.39 is 0 Å². The van der Waals surface area contributed by atoms with Gasteiger partial charge < -0.3 is 5.73 Å². The zero-order valence-electron chi connectivity index (χ0n) is 10.4. The molecule has 2 aliphatic heterocycles. The summed E-state index contributed by atoms with van der Waals surface area (Å²) in [6, 6.07) is 0.686. The second-order valence-electron chi connectivity index (χ2n) is 5.05. The van der Waals surface area contributed by atoms with E-state index in [1.54, 1.807) is 0 Å². The van der Waals surface area contributed by atoms with Crippen LogP contribution in [0.3, 0.4) is 0 Å². The third-order valence-electron chi connectivity index (χ3n) is 4.30. The average molecular weight is 260 g/mol. The van der Waals surface area contributed by atoms with Crippen molar-refractivity contribution < 1.29 is 0 Å². The molecule has 0 bridgehead atoms. The Morgan fingerprint density at radius 2 is 1.94 bits per heavy atom. The number of hydrogen-bond acceptors (Lipinski definition) is 4. The highest BCUT2D eigenvalue weighted by Gasteiger charge is 2.41. The zero-order valence-corrected chi connectivity index (χ0v) is 12.1. The Balaban J connectivity index is 2.12. The van der Waals surface area contributed by atoms with E-state index in [1.165, 1.54) is 36.6 Å². The molecular weight excluding hydrogens is 236 g/mol. The van der Waals surface area contributed by atoms with Gasteiger partial charge in [-0.2, -0.15) is 23.5 Å². The maximum Gasteiger partial charge on any atom is 0.0351 e. The molecular formula is C12H24N2S2. The molecule has 2 saturated heterocycles. The molecule has 0 aromatic rings. The molecule has 16 heavy (non-hydrogen) atoms. The first-order chi connectivity index (χ1) is 7.69. The number of nitrogens with zero attached hydrogens (tertiary/aromatic N) is 1. The van der Waals surface area contributed by atoms with Gasteiger partial charge in [0.1, 0.15) is 0 Å². The molecule has 2 rings (SSSR count). The number of rotatable bonds is 2. The topological polar surface area (TPSA) is 29.3 Å². The minimum absolute atomic E-state index is 0.319. The summed E-state index contributed by atoms with van der Waals surface area (Å²) in [6.07, 6.45) is 2.58. The molecule has 2 aliphatic rings. The summed E-state index contributed by atoms with van der Waals surface area (Å²) in [5.41, 5.74) is 6.44. The first-order valence-electron chi connectivity index (χ1n) is 6.36. The molecule has 4 heteroatoms. The lowest BCUT2D eigenvalue weighted by Crippen LogP contribution is -2.62. The van der Waals surface area contributed by atoms with E-state index in [0.717, 1.165) is 11.8 Å². The number of nitrogens with two attached hydrogens (primary N) is 1. The average Bonchev–Trinajstić information content (AvgIpc) is 2.33. The Bertz CT molecular complexity index is 229. The molecule has 0 aliphatic carbocycles. The van der Waals surface area contributed by atoms with Crippen molar-refractivity contribution in [3.63, 3.8) is 0 Å². The number of thioether (sulfide) groups is 2. The van der Waals surface area contributed by atoms with Gasteiger partial charge in [0.05, 0.1) is 0 Å². The summed E-state index contributed by atoms with van der Waals surface area (Å²) in [5.74, 6) is 3.87. The van der Waals surface area contributed by atoms with Crippen molar-refractivity contribution in [1.29, 1.82) is 0 Å². The molecule has 2 N–H and O–H groups in total. The monoisotopic (exact) mass is 260 g/mol. The van der Waals surface area contributed by atoms with Crippen molar-refractivity contribution in [3.8, 4) is 0 Å². The third-order valence-corrected chi connectivity index (χ3v) is 6.62. The van der Waals surface area contributed by atoms with Crippen molar-refractivity contribution in [2.45, 2.75) is 43.5 Å². The summed E-state index contributed by atoms with van der Waals surface area (Å²) < 4.78 is 0. The van der Waals surface area contributed by atoms with E-state index in [-0.39, 0.29) is 0 Å². The van der Waals surface area contributed by atoms with Crippen LogP contribution in [-0.2, 0) is 0 Å². The summed E-state index contributed by atoms with van der Waals surface area (Å²) in [6.45, 7) is 6.83. The van der Waals surface area contributed by atoms with Gasteiger partial charge in [0.15, 0.2) is 0 Å². The third kappa shape index (κ3) is 2.40. The molecule has 0 radical (unpaired) electrons. The highest BCUT2D eigenvalue weighted by molar-refractivity contribution is 8.00. The van der Waals surface area contributed by atoms with Crippen molar-refractivity contribution in [2.75, 3.05) is 30.3 Å². The van der Waals surface area contributed by atoms with E-state index in [4.69, 9.17) is 5.73 Å². The van der Waals surface area contributed by atoms with Crippen LogP contribution in [0, 0.1) is 0 Å². The van der Waals surface area contributed by atoms with Gasteiger partial charge in [-0.05, 0) is 31.3 Å². The highest BCUT2D eigenvalue weighted by Crippen LogP contribution is 2.37. The molecule has 0 amide bonds. The quantitative estimate of drug-likeness (QED) is 0.823. The standard InChI is InChI=1S/C12H24N2S2/c1-10-11(2)16-8-5-14(10)12(9-13)3-6-15-7-4-12/h10-11H,3-9,13H2,1-2H3. The second kappa shape index (κ2) is 5.51. The van der Waals surface area contributed by atoms with E-state index in [2.05, 4.69) is 42.3 Å². The van der Waals surface area contributed by atoms with Gasteiger partial charge in [-0.15, -0.1) is 0 Å². The van der Waals surface area contributed by atoms with Crippen LogP contribution in [0.4, 0.5) is 0 Å². The van der Waals surface area contributed by atoms with E-state index in [9.17, 15) is 0 Å². The largest absolute Gasteiger partial charge is 0.329 e. The van der Waals surface area contributed by atoms with Crippen LogP contribution >= 0.6 is 23.5 Å². The fourth-order valence-electron chi connectivity index (χ4n) is 2.96. The van der Waals surface area contributed by atoms with Gasteiger partial charge >= 0.3 is 0 Å². The Morgan fingerprint density at radius 3 is 2.56 bits per heavy atom. The minimum atomic E-state index is 0.319. The summed E-state index contributed by atoms with van der Waals surface area (Å²) in [4.78, 5) is 2.73. The van der Waals surface area contributed by atoms with Crippen LogP contribution < -0.4 is 5.73 Å². The highest BCUT2D eigenvalue weighted by atomic mass is 32.2. The minimum Gasteiger partial charge on any atom is -0.329 e. The van der Waals surface area contributed by atoms with Crippen molar-refractivity contribution in [3.05, 3.63) is 0 Å². The van der Waals surface area contributed by atoms with Crippen LogP contribution in [0.15, 0.2) is 0 Å². The Labute approximate surface area is 108 Å². The van der Waals surface area contributed by atoms with Crippen LogP contribution in [0.25, 0.3) is 0 Å². The van der Waals surface area contributed by atoms with Crippen molar-refractivity contribution in [2.24, 2.45) is 5.73 Å². The van der Waals surface area contributed by atoms with Crippen LogP contribution in [0.5, 0.6) is 0 Å². The van der Waals surface area contributed by atoms with E-state index >= 15 is 0 Å². The molecule has 0 aromatic heterocycles. The van der Waals surface area contributed by atoms with Gasteiger partial charge in [0.25, 0.3) is 0 Å². The fourth-order valence-corrected chi connectivity index (χ4v) is 5.31. The first kappa shape index (κ1) is 13.1. The van der Waals surface area contributed by atoms with E-state index in [1.807, 2.05) is 0 Å². The molecule has 94 valence electrons.